The minimum absolute atomic E-state index is 0.155. The third-order valence-corrected chi connectivity index (χ3v) is 3.32. The fraction of sp³-hybridized carbons (Fsp3) is 0.571. The molecule has 0 bridgehead atoms. The number of hydrogen-bond acceptors (Lipinski definition) is 2. The van der Waals surface area contributed by atoms with E-state index >= 15 is 0 Å². The minimum atomic E-state index is -0.155. The third kappa shape index (κ3) is 3.27. The lowest BCUT2D eigenvalue weighted by atomic mass is 9.97. The number of piperidine rings is 1. The van der Waals surface area contributed by atoms with E-state index in [9.17, 15) is 4.39 Å². The van der Waals surface area contributed by atoms with Gasteiger partial charge in [0.2, 0.25) is 0 Å². The molecule has 1 aromatic rings. The molecule has 2 rings (SSSR count). The molecule has 17 heavy (non-hydrogen) atoms. The topological polar surface area (TPSA) is 15.3 Å². The molecule has 1 heterocycles. The summed E-state index contributed by atoms with van der Waals surface area (Å²) in [6.45, 7) is 4.27. The van der Waals surface area contributed by atoms with E-state index in [1.807, 2.05) is 12.1 Å². The van der Waals surface area contributed by atoms with E-state index in [0.717, 1.165) is 25.9 Å². The maximum atomic E-state index is 12.9. The van der Waals surface area contributed by atoms with Crippen molar-refractivity contribution in [2.75, 3.05) is 13.1 Å². The van der Waals surface area contributed by atoms with E-state index in [4.69, 9.17) is 0 Å². The second kappa shape index (κ2) is 6.12. The zero-order chi connectivity index (χ0) is 12.1. The van der Waals surface area contributed by atoms with Gasteiger partial charge in [-0.25, -0.2) is 9.40 Å². The smallest absolute Gasteiger partial charge is 0.123 e. The lowest BCUT2D eigenvalue weighted by molar-refractivity contribution is 0.0859. The molecular weight excluding hydrogens is 215 g/mol. The van der Waals surface area contributed by atoms with E-state index in [0.29, 0.717) is 6.04 Å². The van der Waals surface area contributed by atoms with Crippen molar-refractivity contribution in [1.29, 1.82) is 0 Å². The van der Waals surface area contributed by atoms with Crippen LogP contribution in [0.25, 0.3) is 0 Å². The molecule has 1 atom stereocenters. The summed E-state index contributed by atoms with van der Waals surface area (Å²) >= 11 is 0. The average molecular weight is 236 g/mol. The summed E-state index contributed by atoms with van der Waals surface area (Å²) in [6.07, 6.45) is 4.79. The highest BCUT2D eigenvalue weighted by Gasteiger charge is 2.23. The van der Waals surface area contributed by atoms with Crippen LogP contribution in [0.5, 0.6) is 0 Å². The van der Waals surface area contributed by atoms with Crippen molar-refractivity contribution >= 4 is 0 Å². The Morgan fingerprint density at radius 2 is 2.06 bits per heavy atom. The van der Waals surface area contributed by atoms with Crippen LogP contribution in [0, 0.1) is 5.82 Å². The van der Waals surface area contributed by atoms with Crippen LogP contribution in [0.4, 0.5) is 4.39 Å². The van der Waals surface area contributed by atoms with E-state index in [-0.39, 0.29) is 5.82 Å². The van der Waals surface area contributed by atoms with Gasteiger partial charge in [0.05, 0.1) is 0 Å². The summed E-state index contributed by atoms with van der Waals surface area (Å²) in [7, 11) is 0. The Bertz CT molecular complexity index is 337. The van der Waals surface area contributed by atoms with Gasteiger partial charge in [-0.2, -0.15) is 0 Å². The number of hydrogen-bond donors (Lipinski definition) is 1. The molecule has 0 spiro atoms. The third-order valence-electron chi connectivity index (χ3n) is 3.32. The molecule has 0 aromatic heterocycles. The zero-order valence-electron chi connectivity index (χ0n) is 10.5. The summed E-state index contributed by atoms with van der Waals surface area (Å²) in [6, 6.07) is 7.33. The van der Waals surface area contributed by atoms with Gasteiger partial charge in [-0.1, -0.05) is 25.5 Å². The van der Waals surface area contributed by atoms with Gasteiger partial charge in [-0.05, 0) is 37.0 Å². The van der Waals surface area contributed by atoms with E-state index in [1.165, 1.54) is 18.4 Å². The van der Waals surface area contributed by atoms with Gasteiger partial charge in [0.15, 0.2) is 0 Å². The highest BCUT2D eigenvalue weighted by Crippen LogP contribution is 2.29. The molecule has 0 amide bonds. The van der Waals surface area contributed by atoms with Crippen LogP contribution in [-0.4, -0.2) is 18.1 Å². The maximum absolute atomic E-state index is 12.9. The van der Waals surface area contributed by atoms with Crippen LogP contribution in [0.15, 0.2) is 24.3 Å². The van der Waals surface area contributed by atoms with Crippen LogP contribution in [0.1, 0.15) is 44.2 Å². The highest BCUT2D eigenvalue weighted by atomic mass is 19.1. The first kappa shape index (κ1) is 12.5. The largest absolute Gasteiger partial charge is 0.255 e. The number of hydrazine groups is 1. The number of rotatable bonds is 4. The van der Waals surface area contributed by atoms with Crippen molar-refractivity contribution in [2.24, 2.45) is 0 Å². The van der Waals surface area contributed by atoms with Crippen LogP contribution in [-0.2, 0) is 0 Å². The molecule has 1 aliphatic rings. The van der Waals surface area contributed by atoms with Crippen molar-refractivity contribution < 1.29 is 4.39 Å². The van der Waals surface area contributed by atoms with Gasteiger partial charge >= 0.3 is 0 Å². The molecule has 1 unspecified atom stereocenters. The predicted octanol–water partition coefficient (Wildman–Crippen LogP) is 3.27. The molecular formula is C14H21FN2. The monoisotopic (exact) mass is 236 g/mol. The number of benzene rings is 1. The fourth-order valence-corrected chi connectivity index (χ4v) is 2.41. The molecule has 94 valence electrons. The second-order valence-corrected chi connectivity index (χ2v) is 4.66. The second-order valence-electron chi connectivity index (χ2n) is 4.66. The van der Waals surface area contributed by atoms with Crippen LogP contribution < -0.4 is 5.43 Å². The van der Waals surface area contributed by atoms with Gasteiger partial charge in [0.25, 0.3) is 0 Å². The van der Waals surface area contributed by atoms with Crippen molar-refractivity contribution in [3.8, 4) is 0 Å². The lowest BCUT2D eigenvalue weighted by Crippen LogP contribution is -2.44. The van der Waals surface area contributed by atoms with E-state index < -0.39 is 0 Å². The Morgan fingerprint density at radius 3 is 2.76 bits per heavy atom. The predicted molar refractivity (Wildman–Crippen MR) is 68.0 cm³/mol. The van der Waals surface area contributed by atoms with Crippen molar-refractivity contribution in [3.63, 3.8) is 0 Å². The Labute approximate surface area is 103 Å². The molecule has 1 saturated heterocycles. The summed E-state index contributed by atoms with van der Waals surface area (Å²) in [5, 5.41) is 2.32. The highest BCUT2D eigenvalue weighted by molar-refractivity contribution is 5.20. The summed E-state index contributed by atoms with van der Waals surface area (Å²) < 4.78 is 12.9. The standard InChI is InChI=1S/C14H21FN2/c1-2-10-16-17-11-4-3-5-14(17)12-6-8-13(15)9-7-12/h6-9,14,16H,2-5,10-11H2,1H3. The molecule has 1 fully saturated rings. The quantitative estimate of drug-likeness (QED) is 0.863. The summed E-state index contributed by atoms with van der Waals surface area (Å²) in [4.78, 5) is 0. The van der Waals surface area contributed by atoms with Gasteiger partial charge in [0, 0.05) is 19.1 Å². The zero-order valence-corrected chi connectivity index (χ0v) is 10.5. The summed E-state index contributed by atoms with van der Waals surface area (Å²) in [5.41, 5.74) is 4.69. The number of halogens is 1. The van der Waals surface area contributed by atoms with E-state index in [2.05, 4.69) is 17.4 Å². The van der Waals surface area contributed by atoms with Crippen molar-refractivity contribution in [2.45, 2.75) is 38.6 Å². The van der Waals surface area contributed by atoms with Crippen LogP contribution >= 0.6 is 0 Å². The average Bonchev–Trinajstić information content (AvgIpc) is 2.38. The maximum Gasteiger partial charge on any atom is 0.123 e. The first-order valence-corrected chi connectivity index (χ1v) is 6.57. The Balaban J connectivity index is 2.07. The molecule has 0 aliphatic carbocycles. The molecule has 1 aliphatic heterocycles. The molecule has 1 N–H and O–H groups in total. The Morgan fingerprint density at radius 1 is 1.29 bits per heavy atom. The Hall–Kier alpha value is -0.930. The normalized spacial score (nSPS) is 21.6. The van der Waals surface area contributed by atoms with E-state index in [1.54, 1.807) is 12.1 Å². The number of nitrogens with one attached hydrogen (secondary N) is 1. The number of nitrogens with zero attached hydrogens (tertiary/aromatic N) is 1. The molecule has 2 nitrogen and oxygen atoms in total. The Kier molecular flexibility index (Phi) is 4.51. The van der Waals surface area contributed by atoms with Gasteiger partial charge in [-0.3, -0.25) is 5.43 Å². The molecule has 0 saturated carbocycles. The van der Waals surface area contributed by atoms with Gasteiger partial charge in [0.1, 0.15) is 5.82 Å². The van der Waals surface area contributed by atoms with Gasteiger partial charge in [-0.15, -0.1) is 0 Å². The van der Waals surface area contributed by atoms with Gasteiger partial charge < -0.3 is 0 Å². The van der Waals surface area contributed by atoms with Crippen LogP contribution in [0.3, 0.4) is 0 Å². The molecule has 3 heteroatoms. The van der Waals surface area contributed by atoms with Crippen molar-refractivity contribution in [1.82, 2.24) is 10.4 Å². The van der Waals surface area contributed by atoms with Crippen molar-refractivity contribution in [3.05, 3.63) is 35.6 Å². The minimum Gasteiger partial charge on any atom is -0.255 e. The molecule has 0 radical (unpaired) electrons. The molecule has 1 aromatic carbocycles. The summed E-state index contributed by atoms with van der Waals surface area (Å²) in [5.74, 6) is -0.155. The van der Waals surface area contributed by atoms with Crippen LogP contribution in [0.2, 0.25) is 0 Å². The lowest BCUT2D eigenvalue weighted by Gasteiger charge is -2.36. The SMILES string of the molecule is CCCNN1CCCCC1c1ccc(F)cc1. The first-order chi connectivity index (χ1) is 8.31. The first-order valence-electron chi connectivity index (χ1n) is 6.57. The fourth-order valence-electron chi connectivity index (χ4n) is 2.41.